The highest BCUT2D eigenvalue weighted by Crippen LogP contribution is 2.21. The molecule has 98 valence electrons. The van der Waals surface area contributed by atoms with Gasteiger partial charge in [0.15, 0.2) is 0 Å². The zero-order chi connectivity index (χ0) is 14.0. The van der Waals surface area contributed by atoms with E-state index in [1.807, 2.05) is 18.5 Å². The monoisotopic (exact) mass is 277 g/mol. The van der Waals surface area contributed by atoms with Crippen molar-refractivity contribution in [2.75, 3.05) is 5.32 Å². The first-order valence-electron chi connectivity index (χ1n) is 5.77. The van der Waals surface area contributed by atoms with Crippen LogP contribution in [0.25, 0.3) is 0 Å². The molecule has 0 aliphatic carbocycles. The van der Waals surface area contributed by atoms with Gasteiger partial charge in [-0.1, -0.05) is 11.6 Å². The summed E-state index contributed by atoms with van der Waals surface area (Å²) in [6.07, 6.45) is 0. The molecule has 3 nitrogen and oxygen atoms in total. The normalized spacial score (nSPS) is 10.3. The third kappa shape index (κ3) is 2.72. The number of nitrogens with zero attached hydrogens (tertiary/aromatic N) is 2. The summed E-state index contributed by atoms with van der Waals surface area (Å²) in [5.41, 5.74) is 2.93. The summed E-state index contributed by atoms with van der Waals surface area (Å²) in [5, 5.41) is 12.3. The first-order valence-corrected chi connectivity index (χ1v) is 6.15. The topological polar surface area (TPSA) is 40.8 Å². The lowest BCUT2D eigenvalue weighted by molar-refractivity contribution is 0.630. The lowest BCUT2D eigenvalue weighted by atomic mass is 10.2. The number of aromatic nitrogens is 1. The molecule has 0 unspecified atom stereocenters. The second-order valence-corrected chi connectivity index (χ2v) is 4.73. The Labute approximate surface area is 116 Å². The fraction of sp³-hybridized carbons (Fsp3) is 0.214. The van der Waals surface area contributed by atoms with Crippen molar-refractivity contribution < 1.29 is 4.39 Å². The molecule has 0 spiro atoms. The molecule has 0 atom stereocenters. The molecule has 19 heavy (non-hydrogen) atoms. The fourth-order valence-electron chi connectivity index (χ4n) is 1.87. The van der Waals surface area contributed by atoms with Crippen molar-refractivity contribution >= 4 is 17.3 Å². The van der Waals surface area contributed by atoms with Crippen molar-refractivity contribution in [3.63, 3.8) is 0 Å². The standard InChI is InChI=1S/C14H13ClFN3/c1-9-10(5-12(7-17)19(9)2)8-18-14-4-3-11(15)6-13(14)16/h3-6,18H,8H2,1-2H3. The fourth-order valence-corrected chi connectivity index (χ4v) is 2.03. The van der Waals surface area contributed by atoms with Crippen LogP contribution in [-0.4, -0.2) is 4.57 Å². The maximum absolute atomic E-state index is 13.6. The molecule has 5 heteroatoms. The number of halogens is 2. The average Bonchev–Trinajstić information content (AvgIpc) is 2.65. The van der Waals surface area contributed by atoms with Crippen molar-refractivity contribution in [1.82, 2.24) is 4.57 Å². The summed E-state index contributed by atoms with van der Waals surface area (Å²) in [5.74, 6) is -0.387. The summed E-state index contributed by atoms with van der Waals surface area (Å²) in [6.45, 7) is 2.38. The smallest absolute Gasteiger partial charge is 0.147 e. The number of hydrogen-bond donors (Lipinski definition) is 1. The quantitative estimate of drug-likeness (QED) is 0.931. The van der Waals surface area contributed by atoms with E-state index < -0.39 is 0 Å². The Bertz CT molecular complexity index is 655. The number of nitrogens with one attached hydrogen (secondary N) is 1. The molecule has 0 saturated heterocycles. The zero-order valence-corrected chi connectivity index (χ0v) is 11.4. The number of rotatable bonds is 3. The molecule has 2 aromatic rings. The van der Waals surface area contributed by atoms with Gasteiger partial charge in [-0.25, -0.2) is 4.39 Å². The van der Waals surface area contributed by atoms with Crippen LogP contribution in [0.5, 0.6) is 0 Å². The molecule has 0 saturated carbocycles. The van der Waals surface area contributed by atoms with Crippen molar-refractivity contribution in [2.45, 2.75) is 13.5 Å². The Morgan fingerprint density at radius 3 is 2.74 bits per heavy atom. The Kier molecular flexibility index (Phi) is 3.77. The molecule has 1 aromatic carbocycles. The van der Waals surface area contributed by atoms with Crippen LogP contribution in [0.3, 0.4) is 0 Å². The first-order chi connectivity index (χ1) is 9.02. The maximum atomic E-state index is 13.6. The van der Waals surface area contributed by atoms with Gasteiger partial charge in [0.1, 0.15) is 17.6 Å². The van der Waals surface area contributed by atoms with Gasteiger partial charge in [0.05, 0.1) is 5.69 Å². The molecule has 1 N–H and O–H groups in total. The molecule has 0 amide bonds. The van der Waals surface area contributed by atoms with Crippen LogP contribution in [0.1, 0.15) is 17.0 Å². The van der Waals surface area contributed by atoms with Crippen molar-refractivity contribution in [3.05, 3.63) is 52.1 Å². The Morgan fingerprint density at radius 1 is 1.42 bits per heavy atom. The summed E-state index contributed by atoms with van der Waals surface area (Å²) < 4.78 is 15.4. The second kappa shape index (κ2) is 5.33. The molecule has 0 aliphatic rings. The van der Waals surface area contributed by atoms with Crippen LogP contribution in [-0.2, 0) is 13.6 Å². The minimum Gasteiger partial charge on any atom is -0.379 e. The third-order valence-electron chi connectivity index (χ3n) is 3.16. The van der Waals surface area contributed by atoms with Gasteiger partial charge >= 0.3 is 0 Å². The lowest BCUT2D eigenvalue weighted by Crippen LogP contribution is -2.03. The van der Waals surface area contributed by atoms with Gasteiger partial charge < -0.3 is 9.88 Å². The molecular weight excluding hydrogens is 265 g/mol. The van der Waals surface area contributed by atoms with Crippen LogP contribution < -0.4 is 5.32 Å². The van der Waals surface area contributed by atoms with E-state index in [2.05, 4.69) is 11.4 Å². The number of hydrogen-bond acceptors (Lipinski definition) is 2. The van der Waals surface area contributed by atoms with E-state index in [0.29, 0.717) is 22.9 Å². The number of nitriles is 1. The second-order valence-electron chi connectivity index (χ2n) is 4.29. The predicted octanol–water partition coefficient (Wildman–Crippen LogP) is 3.61. The van der Waals surface area contributed by atoms with E-state index in [4.69, 9.17) is 16.9 Å². The number of anilines is 1. The summed E-state index contributed by atoms with van der Waals surface area (Å²) in [7, 11) is 1.83. The Hall–Kier alpha value is -1.99. The van der Waals surface area contributed by atoms with E-state index >= 15 is 0 Å². The average molecular weight is 278 g/mol. The molecular formula is C14H13ClFN3. The molecule has 2 rings (SSSR count). The van der Waals surface area contributed by atoms with Gasteiger partial charge in [0, 0.05) is 24.3 Å². The number of benzene rings is 1. The van der Waals surface area contributed by atoms with E-state index in [1.54, 1.807) is 18.2 Å². The van der Waals surface area contributed by atoms with Crippen molar-refractivity contribution in [1.29, 1.82) is 5.26 Å². The van der Waals surface area contributed by atoms with Gasteiger partial charge in [0.2, 0.25) is 0 Å². The van der Waals surface area contributed by atoms with Crippen LogP contribution in [0.4, 0.5) is 10.1 Å². The highest BCUT2D eigenvalue weighted by atomic mass is 35.5. The molecule has 0 radical (unpaired) electrons. The first kappa shape index (κ1) is 13.4. The molecule has 0 fully saturated rings. The van der Waals surface area contributed by atoms with Gasteiger partial charge in [-0.3, -0.25) is 0 Å². The van der Waals surface area contributed by atoms with Crippen LogP contribution in [0, 0.1) is 24.1 Å². The van der Waals surface area contributed by atoms with Gasteiger partial charge in [-0.05, 0) is 36.8 Å². The predicted molar refractivity (Wildman–Crippen MR) is 73.6 cm³/mol. The molecule has 1 aromatic heterocycles. The van der Waals surface area contributed by atoms with Crippen LogP contribution in [0.15, 0.2) is 24.3 Å². The van der Waals surface area contributed by atoms with E-state index in [-0.39, 0.29) is 5.82 Å². The highest BCUT2D eigenvalue weighted by Gasteiger charge is 2.09. The molecule has 0 aliphatic heterocycles. The Balaban J connectivity index is 2.17. The van der Waals surface area contributed by atoms with Crippen LogP contribution >= 0.6 is 11.6 Å². The lowest BCUT2D eigenvalue weighted by Gasteiger charge is -2.08. The summed E-state index contributed by atoms with van der Waals surface area (Å²) in [4.78, 5) is 0. The largest absolute Gasteiger partial charge is 0.379 e. The van der Waals surface area contributed by atoms with E-state index in [1.165, 1.54) is 6.07 Å². The third-order valence-corrected chi connectivity index (χ3v) is 3.39. The highest BCUT2D eigenvalue weighted by molar-refractivity contribution is 6.30. The minimum atomic E-state index is -0.387. The van der Waals surface area contributed by atoms with Gasteiger partial charge in [0.25, 0.3) is 0 Å². The molecule has 0 bridgehead atoms. The summed E-state index contributed by atoms with van der Waals surface area (Å²) in [6, 6.07) is 8.41. The van der Waals surface area contributed by atoms with E-state index in [9.17, 15) is 4.39 Å². The van der Waals surface area contributed by atoms with Crippen LogP contribution in [0.2, 0.25) is 5.02 Å². The van der Waals surface area contributed by atoms with Gasteiger partial charge in [-0.15, -0.1) is 0 Å². The Morgan fingerprint density at radius 2 is 2.16 bits per heavy atom. The summed E-state index contributed by atoms with van der Waals surface area (Å²) >= 11 is 5.70. The van der Waals surface area contributed by atoms with E-state index in [0.717, 1.165) is 11.3 Å². The van der Waals surface area contributed by atoms with Crippen molar-refractivity contribution in [2.24, 2.45) is 7.05 Å². The SMILES string of the molecule is Cc1c(CNc2ccc(Cl)cc2F)cc(C#N)n1C. The van der Waals surface area contributed by atoms with Crippen molar-refractivity contribution in [3.8, 4) is 6.07 Å². The minimum absolute atomic E-state index is 0.366. The maximum Gasteiger partial charge on any atom is 0.147 e. The zero-order valence-electron chi connectivity index (χ0n) is 10.7. The molecule has 1 heterocycles. The van der Waals surface area contributed by atoms with Gasteiger partial charge in [-0.2, -0.15) is 5.26 Å².